The Bertz CT molecular complexity index is 448. The first kappa shape index (κ1) is 11.2. The lowest BCUT2D eigenvalue weighted by molar-refractivity contribution is 0.773. The van der Waals surface area contributed by atoms with Crippen LogP contribution in [0.4, 0.5) is 0 Å². The molecule has 0 bridgehead atoms. The van der Waals surface area contributed by atoms with Crippen molar-refractivity contribution in [1.82, 2.24) is 15.5 Å². The van der Waals surface area contributed by atoms with Gasteiger partial charge in [-0.25, -0.2) is 0 Å². The lowest BCUT2D eigenvalue weighted by Crippen LogP contribution is -2.11. The molecule has 1 heterocycles. The number of nitrogens with one attached hydrogen (secondary N) is 2. The number of hydrogen-bond acceptors (Lipinski definition) is 2. The summed E-state index contributed by atoms with van der Waals surface area (Å²) < 4.78 is 0. The third kappa shape index (κ3) is 2.43. The molecule has 0 atom stereocenters. The van der Waals surface area contributed by atoms with Crippen LogP contribution in [0.15, 0.2) is 30.5 Å². The predicted molar refractivity (Wildman–Crippen MR) is 66.7 cm³/mol. The highest BCUT2D eigenvalue weighted by Crippen LogP contribution is 2.23. The van der Waals surface area contributed by atoms with Gasteiger partial charge in [-0.05, 0) is 24.7 Å². The highest BCUT2D eigenvalue weighted by Gasteiger charge is 2.06. The zero-order valence-electron chi connectivity index (χ0n) is 9.13. The van der Waals surface area contributed by atoms with Gasteiger partial charge in [0, 0.05) is 29.2 Å². The molecular formula is C12H14ClN3. The third-order valence-corrected chi connectivity index (χ3v) is 2.75. The van der Waals surface area contributed by atoms with Gasteiger partial charge in [0.15, 0.2) is 0 Å². The van der Waals surface area contributed by atoms with Gasteiger partial charge >= 0.3 is 0 Å². The molecule has 1 aromatic heterocycles. The Kier molecular flexibility index (Phi) is 3.59. The molecule has 0 saturated heterocycles. The van der Waals surface area contributed by atoms with Gasteiger partial charge in [-0.2, -0.15) is 5.10 Å². The Hall–Kier alpha value is -1.32. The molecule has 84 valence electrons. The maximum Gasteiger partial charge on any atom is 0.0568 e. The molecule has 3 nitrogen and oxygen atoms in total. The minimum atomic E-state index is 0.754. The van der Waals surface area contributed by atoms with Crippen molar-refractivity contribution in [3.05, 3.63) is 41.2 Å². The molecule has 2 aromatic rings. The van der Waals surface area contributed by atoms with Crippen molar-refractivity contribution in [3.8, 4) is 11.1 Å². The van der Waals surface area contributed by atoms with Crippen LogP contribution < -0.4 is 5.32 Å². The summed E-state index contributed by atoms with van der Waals surface area (Å²) in [7, 11) is 1.94. The molecule has 0 aliphatic rings. The largest absolute Gasteiger partial charge is 0.319 e. The Labute approximate surface area is 99.8 Å². The van der Waals surface area contributed by atoms with E-state index in [2.05, 4.69) is 15.5 Å². The van der Waals surface area contributed by atoms with Crippen molar-refractivity contribution in [3.63, 3.8) is 0 Å². The van der Waals surface area contributed by atoms with Crippen molar-refractivity contribution in [2.24, 2.45) is 0 Å². The molecule has 0 unspecified atom stereocenters. The van der Waals surface area contributed by atoms with Crippen molar-refractivity contribution >= 4 is 11.6 Å². The van der Waals surface area contributed by atoms with Crippen LogP contribution in [-0.2, 0) is 6.42 Å². The quantitative estimate of drug-likeness (QED) is 0.855. The van der Waals surface area contributed by atoms with Crippen LogP contribution in [0.2, 0.25) is 5.02 Å². The van der Waals surface area contributed by atoms with Crippen LogP contribution >= 0.6 is 11.6 Å². The highest BCUT2D eigenvalue weighted by molar-refractivity contribution is 6.30. The van der Waals surface area contributed by atoms with E-state index in [1.54, 1.807) is 0 Å². The summed E-state index contributed by atoms with van der Waals surface area (Å²) in [4.78, 5) is 0. The van der Waals surface area contributed by atoms with E-state index in [0.717, 1.165) is 34.8 Å². The monoisotopic (exact) mass is 235 g/mol. The molecule has 0 saturated carbocycles. The fourth-order valence-electron chi connectivity index (χ4n) is 1.63. The number of rotatable bonds is 4. The van der Waals surface area contributed by atoms with E-state index in [1.807, 2.05) is 37.5 Å². The Morgan fingerprint density at radius 1 is 1.31 bits per heavy atom. The zero-order chi connectivity index (χ0) is 11.4. The molecule has 0 spiro atoms. The smallest absolute Gasteiger partial charge is 0.0568 e. The fourth-order valence-corrected chi connectivity index (χ4v) is 1.76. The molecule has 4 heteroatoms. The summed E-state index contributed by atoms with van der Waals surface area (Å²) in [5.41, 5.74) is 3.44. The summed E-state index contributed by atoms with van der Waals surface area (Å²) in [6.45, 7) is 0.933. The summed E-state index contributed by atoms with van der Waals surface area (Å²) in [6, 6.07) is 7.81. The van der Waals surface area contributed by atoms with Gasteiger partial charge in [0.1, 0.15) is 0 Å². The Morgan fingerprint density at radius 2 is 2.06 bits per heavy atom. The molecule has 16 heavy (non-hydrogen) atoms. The summed E-state index contributed by atoms with van der Waals surface area (Å²) in [5.74, 6) is 0. The number of aromatic nitrogens is 2. The van der Waals surface area contributed by atoms with E-state index < -0.39 is 0 Å². The summed E-state index contributed by atoms with van der Waals surface area (Å²) in [5, 5.41) is 11.0. The third-order valence-electron chi connectivity index (χ3n) is 2.50. The first-order valence-electron chi connectivity index (χ1n) is 5.24. The fraction of sp³-hybridized carbons (Fsp3) is 0.250. The highest BCUT2D eigenvalue weighted by atomic mass is 35.5. The van der Waals surface area contributed by atoms with Crippen molar-refractivity contribution in [2.45, 2.75) is 6.42 Å². The van der Waals surface area contributed by atoms with Crippen LogP contribution in [0.3, 0.4) is 0 Å². The number of likely N-dealkylation sites (N-methyl/N-ethyl adjacent to an activating group) is 1. The van der Waals surface area contributed by atoms with E-state index in [9.17, 15) is 0 Å². The van der Waals surface area contributed by atoms with Crippen LogP contribution in [-0.4, -0.2) is 23.8 Å². The van der Waals surface area contributed by atoms with Crippen LogP contribution in [0.5, 0.6) is 0 Å². The molecule has 0 aliphatic carbocycles. The van der Waals surface area contributed by atoms with Crippen LogP contribution in [0.1, 0.15) is 5.69 Å². The molecule has 2 N–H and O–H groups in total. The number of benzene rings is 1. The maximum atomic E-state index is 5.86. The van der Waals surface area contributed by atoms with Gasteiger partial charge in [-0.1, -0.05) is 23.7 Å². The van der Waals surface area contributed by atoms with E-state index >= 15 is 0 Å². The Balaban J connectivity index is 2.26. The average molecular weight is 236 g/mol. The average Bonchev–Trinajstić information content (AvgIpc) is 2.75. The molecule has 0 radical (unpaired) electrons. The predicted octanol–water partition coefficient (Wildman–Crippen LogP) is 2.49. The minimum Gasteiger partial charge on any atom is -0.319 e. The normalized spacial score (nSPS) is 10.6. The van der Waals surface area contributed by atoms with Gasteiger partial charge in [0.05, 0.1) is 6.20 Å². The number of aromatic amines is 1. The minimum absolute atomic E-state index is 0.754. The number of hydrogen-bond donors (Lipinski definition) is 2. The van der Waals surface area contributed by atoms with Gasteiger partial charge in [-0.15, -0.1) is 0 Å². The van der Waals surface area contributed by atoms with Gasteiger partial charge in [-0.3, -0.25) is 5.10 Å². The van der Waals surface area contributed by atoms with E-state index in [4.69, 9.17) is 11.6 Å². The second kappa shape index (κ2) is 5.14. The molecule has 0 aliphatic heterocycles. The Morgan fingerprint density at radius 3 is 2.75 bits per heavy atom. The molecule has 2 rings (SSSR count). The second-order valence-corrected chi connectivity index (χ2v) is 4.06. The first-order valence-corrected chi connectivity index (χ1v) is 5.62. The van der Waals surface area contributed by atoms with E-state index in [-0.39, 0.29) is 0 Å². The van der Waals surface area contributed by atoms with Crippen molar-refractivity contribution in [1.29, 1.82) is 0 Å². The molecular weight excluding hydrogens is 222 g/mol. The number of halogens is 1. The number of nitrogens with zero attached hydrogens (tertiary/aromatic N) is 1. The van der Waals surface area contributed by atoms with E-state index in [1.165, 1.54) is 0 Å². The second-order valence-electron chi connectivity index (χ2n) is 3.62. The lowest BCUT2D eigenvalue weighted by Gasteiger charge is -2.03. The first-order chi connectivity index (χ1) is 7.81. The molecule has 0 fully saturated rings. The van der Waals surface area contributed by atoms with Crippen molar-refractivity contribution < 1.29 is 0 Å². The van der Waals surface area contributed by atoms with Gasteiger partial charge in [0.2, 0.25) is 0 Å². The SMILES string of the molecule is CNCCc1[nH]ncc1-c1ccc(Cl)cc1. The molecule has 1 aromatic carbocycles. The summed E-state index contributed by atoms with van der Waals surface area (Å²) in [6.07, 6.45) is 2.79. The number of H-pyrrole nitrogens is 1. The standard InChI is InChI=1S/C12H14ClN3/c1-14-7-6-12-11(8-15-16-12)9-2-4-10(13)5-3-9/h2-5,8,14H,6-7H2,1H3,(H,15,16). The lowest BCUT2D eigenvalue weighted by atomic mass is 10.1. The van der Waals surface area contributed by atoms with Crippen LogP contribution in [0, 0.1) is 0 Å². The maximum absolute atomic E-state index is 5.86. The summed E-state index contributed by atoms with van der Waals surface area (Å²) >= 11 is 5.86. The van der Waals surface area contributed by atoms with Crippen molar-refractivity contribution in [2.75, 3.05) is 13.6 Å². The topological polar surface area (TPSA) is 40.7 Å². The van der Waals surface area contributed by atoms with Gasteiger partial charge < -0.3 is 5.32 Å². The van der Waals surface area contributed by atoms with Gasteiger partial charge in [0.25, 0.3) is 0 Å². The van der Waals surface area contributed by atoms with E-state index in [0.29, 0.717) is 0 Å². The zero-order valence-corrected chi connectivity index (χ0v) is 9.88. The molecule has 0 amide bonds. The van der Waals surface area contributed by atoms with Crippen LogP contribution in [0.25, 0.3) is 11.1 Å².